The molecule has 0 spiro atoms. The fraction of sp³-hybridized carbons (Fsp3) is 0.494. The van der Waals surface area contributed by atoms with Gasteiger partial charge < -0.3 is 153 Å². The van der Waals surface area contributed by atoms with Gasteiger partial charge in [0.05, 0.1) is 52.3 Å². The third-order valence-electron chi connectivity index (χ3n) is 21.9. The molecule has 127 heavy (non-hydrogen) atoms. The average Bonchev–Trinajstić information content (AvgIpc) is 0.765. The highest BCUT2D eigenvalue weighted by Crippen LogP contribution is 2.51. The van der Waals surface area contributed by atoms with Crippen LogP contribution in [0, 0.1) is 11.3 Å². The highest BCUT2D eigenvalue weighted by molar-refractivity contribution is 7.16. The number of aliphatic hydroxyl groups is 6. The number of phenolic OH excluding ortho intramolecular Hbond substituents is 3. The van der Waals surface area contributed by atoms with Gasteiger partial charge in [0.15, 0.2) is 48.7 Å². The number of aldehydes is 1. The van der Waals surface area contributed by atoms with Crippen molar-refractivity contribution in [2.24, 2.45) is 28.5 Å². The van der Waals surface area contributed by atoms with Gasteiger partial charge in [0.1, 0.15) is 96.1 Å². The van der Waals surface area contributed by atoms with Gasteiger partial charge in [-0.3, -0.25) is 47.9 Å². The van der Waals surface area contributed by atoms with Crippen LogP contribution in [-0.4, -0.2) is 244 Å². The lowest BCUT2D eigenvalue weighted by atomic mass is 9.86. The van der Waals surface area contributed by atoms with Crippen LogP contribution in [0.25, 0.3) is 11.1 Å². The van der Waals surface area contributed by atoms with Gasteiger partial charge in [0.25, 0.3) is 0 Å². The lowest BCUT2D eigenvalue weighted by molar-refractivity contribution is -0.333. The van der Waals surface area contributed by atoms with Gasteiger partial charge in [-0.15, -0.1) is 0 Å². The van der Waals surface area contributed by atoms with Gasteiger partial charge in [-0.1, -0.05) is 55.2 Å². The Morgan fingerprint density at radius 1 is 0.701 bits per heavy atom. The number of fused-ring (bicyclic) bond motifs is 15. The number of carbonyl (C=O) groups is 11. The molecule has 5 aromatic rings. The molecule has 11 bridgehead atoms. The molecular weight excluding hydrogens is 1740 g/mol. The lowest BCUT2D eigenvalue weighted by Gasteiger charge is -2.47. The molecule has 3 fully saturated rings. The van der Waals surface area contributed by atoms with E-state index in [1.54, 1.807) is 13.8 Å². The van der Waals surface area contributed by atoms with E-state index in [0.29, 0.717) is 0 Å². The third-order valence-corrected chi connectivity index (χ3v) is 22.5. The van der Waals surface area contributed by atoms with Crippen molar-refractivity contribution in [3.8, 4) is 57.1 Å². The molecule has 690 valence electrons. The maximum absolute atomic E-state index is 16.6. The molecule has 8 aliphatic heterocycles. The highest BCUT2D eigenvalue weighted by atomic mass is 35.5. The maximum atomic E-state index is 16.6. The van der Waals surface area contributed by atoms with E-state index < -0.39 is 316 Å². The number of hydrogen-bond acceptors (Lipinski definition) is 33. The first kappa shape index (κ1) is 98.5. The van der Waals surface area contributed by atoms with E-state index in [4.69, 9.17) is 92.5 Å². The first-order chi connectivity index (χ1) is 59.6. The predicted octanol–water partition coefficient (Wildman–Crippen LogP) is -0.138. The van der Waals surface area contributed by atoms with Crippen LogP contribution in [0.1, 0.15) is 146 Å². The summed E-state index contributed by atoms with van der Waals surface area (Å²) in [6.07, 6.45) is -27.2. The number of aliphatic hydroxyl groups excluding tert-OH is 6. The molecule has 24 unspecified atom stereocenters. The van der Waals surface area contributed by atoms with E-state index in [2.05, 4.69) is 37.2 Å². The number of primary amides is 1. The van der Waals surface area contributed by atoms with E-state index in [-0.39, 0.29) is 42.6 Å². The minimum atomic E-state index is -2.46. The summed E-state index contributed by atoms with van der Waals surface area (Å²) >= 11 is 14.6. The number of halogens is 2. The number of hydrogen-bond donors (Lipinski definition) is 22. The number of carboxylic acids is 1. The number of rotatable bonds is 21. The summed E-state index contributed by atoms with van der Waals surface area (Å²) in [6.45, 7) is 10.9. The molecular formula is C81H101Cl2N11O32P+. The molecule has 13 rings (SSSR count). The molecule has 25 N–H and O–H groups in total. The number of benzene rings is 5. The number of esters is 1. The number of amides is 8. The molecule has 5 aromatic carbocycles. The number of aromatic hydroxyl groups is 3. The van der Waals surface area contributed by atoms with Crippen molar-refractivity contribution in [1.82, 2.24) is 42.5 Å². The van der Waals surface area contributed by atoms with Crippen molar-refractivity contribution in [3.05, 3.63) is 117 Å². The van der Waals surface area contributed by atoms with Gasteiger partial charge in [0.2, 0.25) is 59.3 Å². The minimum absolute atomic E-state index is 0.0133. The average molecular weight is 1840 g/mol. The molecule has 43 nitrogen and oxygen atoms in total. The number of nitrogens with two attached hydrogens (primary N) is 3. The summed E-state index contributed by atoms with van der Waals surface area (Å²) in [5.41, 5.74) is 11.2. The zero-order valence-electron chi connectivity index (χ0n) is 69.5. The minimum Gasteiger partial charge on any atom is -0.508 e. The van der Waals surface area contributed by atoms with Crippen LogP contribution < -0.4 is 73.9 Å². The van der Waals surface area contributed by atoms with Crippen molar-refractivity contribution in [2.45, 2.75) is 227 Å². The normalized spacial score (nSPS) is 29.6. The van der Waals surface area contributed by atoms with Gasteiger partial charge in [-0.25, -0.2) is 4.79 Å². The molecule has 24 atom stereocenters. The van der Waals surface area contributed by atoms with Crippen molar-refractivity contribution in [2.75, 3.05) is 13.7 Å². The Kier molecular flexibility index (Phi) is 31.6. The lowest BCUT2D eigenvalue weighted by Crippen LogP contribution is -2.64. The van der Waals surface area contributed by atoms with Gasteiger partial charge in [0, 0.05) is 53.1 Å². The zero-order chi connectivity index (χ0) is 93.7. The van der Waals surface area contributed by atoms with Crippen LogP contribution in [0.15, 0.2) is 78.9 Å². The quantitative estimate of drug-likeness (QED) is 0.0197. The number of nitrogens with one attached hydrogen (secondary N) is 8. The van der Waals surface area contributed by atoms with Crippen molar-refractivity contribution in [1.29, 1.82) is 0 Å². The van der Waals surface area contributed by atoms with Crippen molar-refractivity contribution in [3.63, 3.8) is 0 Å². The number of carboxylic acid groups (broad SMARTS) is 1. The highest BCUT2D eigenvalue weighted by Gasteiger charge is 2.53. The number of ether oxygens (including phenoxy) is 9. The van der Waals surface area contributed by atoms with E-state index in [9.17, 15) is 79.8 Å². The molecule has 0 aliphatic carbocycles. The summed E-state index contributed by atoms with van der Waals surface area (Å²) < 4.78 is 66.6. The van der Waals surface area contributed by atoms with Crippen LogP contribution in [0.4, 0.5) is 0 Å². The van der Waals surface area contributed by atoms with Crippen LogP contribution in [0.2, 0.25) is 10.0 Å². The summed E-state index contributed by atoms with van der Waals surface area (Å²) in [6, 6.07) is -1.31. The SMILES string of the molecule is CNC(CC(C)C)C(=O)NC1C(=O)NC(CC(N)=O)C(=O)NC2C(=O)NC3C(=O)NC(C(=O)NC(C(=O)O)c4cc(O)cc(O)c4-c4cc3ccc4O)C(OC3CC(C)(N)C(O)C(C)O3)c3ccc(c(Cl)c3)Oc3cc2cc(c3OC2OC(COC(=O)C(C)(C)CC(=O)NC(O)C=O)C(O)C(O)C2OC2CC(C)(N)C(O)C(C)O2)Oc2ccc(cc2Cl)C1O.O=[PH+]O. The molecule has 8 aliphatic rings. The Hall–Kier alpha value is -10.6. The molecule has 0 radical (unpaired) electrons. The van der Waals surface area contributed by atoms with Crippen LogP contribution in [0.3, 0.4) is 0 Å². The Morgan fingerprint density at radius 3 is 1.82 bits per heavy atom. The summed E-state index contributed by atoms with van der Waals surface area (Å²) in [5.74, 6) is -19.1. The van der Waals surface area contributed by atoms with E-state index >= 15 is 24.0 Å². The largest absolute Gasteiger partial charge is 0.508 e. The fourth-order valence-electron chi connectivity index (χ4n) is 15.3. The molecule has 46 heteroatoms. The fourth-order valence-corrected chi connectivity index (χ4v) is 15.8. The van der Waals surface area contributed by atoms with Crippen LogP contribution >= 0.6 is 31.9 Å². The van der Waals surface area contributed by atoms with E-state index in [1.165, 1.54) is 60.7 Å². The summed E-state index contributed by atoms with van der Waals surface area (Å²) in [5, 5.41) is 134. The standard InChI is InChI=1S/C81H99Cl2N11O30.HO2P/c1-30(2)16-42(87-9)70(107)93-60-62(102)34-11-14-46(40(82)18-34)119-48-20-36-21-49(66(48)124-77-67(123-55-27-81(8,86)69(106)32(4)118-55)64(104)63(103)50(121-77)29-116-78(115)79(5,6)25-52(100)89-53(101)28-95)120-47-15-12-35(19-41(47)83)65(122-54-26-80(7,85)68(105)31(3)117-54)61-75(112)92-59(76(113)114)39-22-37(96)23-45(98)56(39)38-17-33(10-13-44(38)97)57(72(109)94-61)91-73(110)58(36)90-71(108)43(24-51(84)99)88-74(60)111;1-3-2/h10-15,17-23,28,30-32,42-43,50,53-55,57-65,67-69,77,87,96-98,101-106H,16,24-27,29,85-86H2,1-9H3,(H2,84,99)(H,88,111)(H,89,100)(H,90,108)(H,91,110)(H,92,112)(H,93,107)(H,94,109)(H,113,114);3H/p+1. The smallest absolute Gasteiger partial charge is 0.491 e. The number of carbonyl (C=O) groups excluding carboxylic acids is 10. The van der Waals surface area contributed by atoms with Gasteiger partial charge >= 0.3 is 20.6 Å². The van der Waals surface area contributed by atoms with Crippen molar-refractivity contribution < 1.29 is 156 Å². The Balaban J connectivity index is 0.00000552. The number of aliphatic carboxylic acids is 1. The molecule has 8 heterocycles. The monoisotopic (exact) mass is 1840 g/mol. The van der Waals surface area contributed by atoms with Crippen LogP contribution in [0.5, 0.6) is 46.0 Å². The van der Waals surface area contributed by atoms with Crippen LogP contribution in [-0.2, 0) is 85.7 Å². The Labute approximate surface area is 735 Å². The zero-order valence-corrected chi connectivity index (χ0v) is 72.0. The van der Waals surface area contributed by atoms with E-state index in [0.717, 1.165) is 66.7 Å². The van der Waals surface area contributed by atoms with Crippen molar-refractivity contribution >= 4 is 97.4 Å². The maximum Gasteiger partial charge on any atom is 0.491 e. The Morgan fingerprint density at radius 2 is 1.26 bits per heavy atom. The molecule has 0 saturated carbocycles. The summed E-state index contributed by atoms with van der Waals surface area (Å²) in [4.78, 5) is 166. The molecule has 3 saturated heterocycles. The number of likely N-dealkylation sites (N-methyl/N-ethyl adjacent to an activating group) is 1. The molecule has 0 aromatic heterocycles. The topological polar surface area (TPSA) is 685 Å². The third kappa shape index (κ3) is 22.9. The predicted molar refractivity (Wildman–Crippen MR) is 439 cm³/mol. The second-order valence-corrected chi connectivity index (χ2v) is 34.0. The van der Waals surface area contributed by atoms with Gasteiger partial charge in [-0.05, 0) is 142 Å². The first-order valence-corrected chi connectivity index (χ1v) is 41.3. The number of phenols is 3. The second-order valence-electron chi connectivity index (χ2n) is 33.0. The van der Waals surface area contributed by atoms with Gasteiger partial charge in [-0.2, -0.15) is 4.89 Å². The first-order valence-electron chi connectivity index (χ1n) is 39.6. The van der Waals surface area contributed by atoms with E-state index in [1.807, 2.05) is 5.32 Å². The Bertz CT molecular complexity index is 5010. The second kappa shape index (κ2) is 40.8. The summed E-state index contributed by atoms with van der Waals surface area (Å²) in [7, 11) is 0.285. The molecule has 8 amide bonds.